The van der Waals surface area contributed by atoms with Crippen LogP contribution in [0.5, 0.6) is 0 Å². The Morgan fingerprint density at radius 3 is 2.65 bits per heavy atom. The van der Waals surface area contributed by atoms with Gasteiger partial charge in [0.05, 0.1) is 29.7 Å². The topological polar surface area (TPSA) is 119 Å². The van der Waals surface area contributed by atoms with Crippen molar-refractivity contribution in [2.24, 2.45) is 17.3 Å². The number of carbonyl (C=O) groups excluding carboxylic acids is 2. The highest BCUT2D eigenvalue weighted by Gasteiger charge is 2.50. The van der Waals surface area contributed by atoms with Crippen LogP contribution in [0.15, 0.2) is 27.9 Å². The lowest BCUT2D eigenvalue weighted by molar-refractivity contribution is -0.154. The zero-order valence-electron chi connectivity index (χ0n) is 22.8. The van der Waals surface area contributed by atoms with Gasteiger partial charge in [0, 0.05) is 35.2 Å². The van der Waals surface area contributed by atoms with Crippen LogP contribution in [-0.2, 0) is 14.3 Å². The molecule has 0 spiro atoms. The molecule has 0 bridgehead atoms. The SMILES string of the molecule is C=C[C@H]1CCC[C@@]2(C)N[C@H]2C[C@@H](/C(C)=C/c2csc(SC)n2)OC(=O)C[C@H](O)C(C)(C)C(=O)[C@H](C)[C@H]1O. The average molecular weight is 551 g/mol. The van der Waals surface area contributed by atoms with Crippen LogP contribution in [0.4, 0.5) is 0 Å². The summed E-state index contributed by atoms with van der Waals surface area (Å²) in [4.78, 5) is 30.9. The van der Waals surface area contributed by atoms with Crippen molar-refractivity contribution in [2.45, 2.75) is 101 Å². The molecule has 7 nitrogen and oxygen atoms in total. The molecule has 2 aliphatic rings. The van der Waals surface area contributed by atoms with Gasteiger partial charge in [-0.25, -0.2) is 4.98 Å². The zero-order valence-corrected chi connectivity index (χ0v) is 24.5. The van der Waals surface area contributed by atoms with Crippen LogP contribution < -0.4 is 5.32 Å². The first-order valence-corrected chi connectivity index (χ1v) is 15.1. The highest BCUT2D eigenvalue weighted by atomic mass is 32.2. The number of ether oxygens (including phenoxy) is 1. The maximum atomic E-state index is 13.3. The number of nitrogens with zero attached hydrogens (tertiary/aromatic N) is 1. The Bertz CT molecular complexity index is 1020. The van der Waals surface area contributed by atoms with Crippen LogP contribution in [0.2, 0.25) is 0 Å². The molecule has 3 rings (SSSR count). The van der Waals surface area contributed by atoms with Crippen LogP contribution in [0.25, 0.3) is 6.08 Å². The summed E-state index contributed by atoms with van der Waals surface area (Å²) in [6.07, 6.45) is 5.81. The van der Waals surface area contributed by atoms with Crippen molar-refractivity contribution in [3.05, 3.63) is 29.3 Å². The lowest BCUT2D eigenvalue weighted by Crippen LogP contribution is -2.46. The van der Waals surface area contributed by atoms with Crippen molar-refractivity contribution in [2.75, 3.05) is 6.26 Å². The molecule has 1 aromatic heterocycles. The van der Waals surface area contributed by atoms with Gasteiger partial charge in [0.25, 0.3) is 0 Å². The monoisotopic (exact) mass is 550 g/mol. The Balaban J connectivity index is 1.87. The molecule has 2 aliphatic heterocycles. The second-order valence-corrected chi connectivity index (χ2v) is 13.2. The first-order chi connectivity index (χ1) is 17.3. The number of nitrogens with one attached hydrogen (secondary N) is 1. The van der Waals surface area contributed by atoms with E-state index in [1.165, 1.54) is 0 Å². The van der Waals surface area contributed by atoms with Crippen LogP contribution in [0, 0.1) is 17.3 Å². The fraction of sp³-hybridized carbons (Fsp3) is 0.679. The highest BCUT2D eigenvalue weighted by Crippen LogP contribution is 2.38. The summed E-state index contributed by atoms with van der Waals surface area (Å²) in [6, 6.07) is 0.174. The predicted molar refractivity (Wildman–Crippen MR) is 149 cm³/mol. The quantitative estimate of drug-likeness (QED) is 0.215. The van der Waals surface area contributed by atoms with E-state index in [2.05, 4.69) is 23.8 Å². The number of thioether (sulfide) groups is 1. The van der Waals surface area contributed by atoms with Gasteiger partial charge in [-0.2, -0.15) is 0 Å². The fourth-order valence-electron chi connectivity index (χ4n) is 5.25. The zero-order chi connectivity index (χ0) is 27.5. The van der Waals surface area contributed by atoms with Gasteiger partial charge < -0.3 is 20.3 Å². The molecule has 7 atom stereocenters. The van der Waals surface area contributed by atoms with Gasteiger partial charge in [-0.05, 0) is 44.6 Å². The number of cyclic esters (lactones) is 1. The van der Waals surface area contributed by atoms with E-state index >= 15 is 0 Å². The largest absolute Gasteiger partial charge is 0.458 e. The molecule has 37 heavy (non-hydrogen) atoms. The number of aromatic nitrogens is 1. The van der Waals surface area contributed by atoms with E-state index in [0.29, 0.717) is 12.8 Å². The van der Waals surface area contributed by atoms with Gasteiger partial charge in [0.1, 0.15) is 16.2 Å². The summed E-state index contributed by atoms with van der Waals surface area (Å²) >= 11 is 3.16. The van der Waals surface area contributed by atoms with Crippen molar-refractivity contribution in [3.8, 4) is 0 Å². The molecule has 0 amide bonds. The normalized spacial score (nSPS) is 35.9. The maximum Gasteiger partial charge on any atom is 0.309 e. The number of aliphatic hydroxyl groups excluding tert-OH is 2. The first kappa shape index (κ1) is 30.0. The van der Waals surface area contributed by atoms with E-state index in [1.54, 1.807) is 49.9 Å². The van der Waals surface area contributed by atoms with Crippen molar-refractivity contribution in [1.82, 2.24) is 10.3 Å². The third kappa shape index (κ3) is 7.12. The third-order valence-electron chi connectivity index (χ3n) is 8.20. The standard InChI is InChI=1S/C28H42N2O5S2/c1-8-18-10-9-11-28(6)21(30-28)13-20(16(2)12-19-15-37-26(29-19)36-7)35-23(32)14-22(31)27(4,5)25(34)17(3)24(18)33/h8,12,15,17-18,20-22,24,30-31,33H,1,9-11,13-14H2,2-7H3/b16-12+/t17-,18+,20+,21+,22+,24-,28-/m1/s1. The fourth-order valence-corrected chi connectivity index (χ4v) is 6.47. The number of ketones is 1. The Hall–Kier alpha value is -1.52. The second kappa shape index (κ2) is 12.1. The average Bonchev–Trinajstić information content (AvgIpc) is 3.25. The van der Waals surface area contributed by atoms with E-state index in [4.69, 9.17) is 4.74 Å². The second-order valence-electron chi connectivity index (χ2n) is 11.3. The summed E-state index contributed by atoms with van der Waals surface area (Å²) < 4.78 is 6.90. The lowest BCUT2D eigenvalue weighted by atomic mass is 9.72. The Morgan fingerprint density at radius 1 is 1.32 bits per heavy atom. The number of hydrogen-bond acceptors (Lipinski definition) is 9. The minimum absolute atomic E-state index is 0.0890. The van der Waals surface area contributed by atoms with Gasteiger partial charge in [0.15, 0.2) is 0 Å². The molecule has 0 unspecified atom stereocenters. The number of esters is 1. The molecule has 0 saturated carbocycles. The molecule has 0 radical (unpaired) electrons. The predicted octanol–water partition coefficient (Wildman–Crippen LogP) is 4.63. The minimum Gasteiger partial charge on any atom is -0.458 e. The molecule has 1 aromatic rings. The summed E-state index contributed by atoms with van der Waals surface area (Å²) in [7, 11) is 0. The molecule has 2 saturated heterocycles. The number of aliphatic hydroxyl groups is 2. The smallest absolute Gasteiger partial charge is 0.309 e. The Labute approximate surface area is 229 Å². The van der Waals surface area contributed by atoms with Crippen molar-refractivity contribution < 1.29 is 24.5 Å². The van der Waals surface area contributed by atoms with Gasteiger partial charge in [-0.15, -0.1) is 17.9 Å². The Kier molecular flexibility index (Phi) is 9.83. The number of Topliss-reactive ketones (excluding diaryl/α,β-unsaturated/α-hetero) is 1. The molecule has 2 fully saturated rings. The van der Waals surface area contributed by atoms with Crippen LogP contribution in [-0.4, -0.2) is 63.1 Å². The summed E-state index contributed by atoms with van der Waals surface area (Å²) in [5.41, 5.74) is 0.399. The number of carbonyl (C=O) groups is 2. The van der Waals surface area contributed by atoms with E-state index < -0.39 is 35.6 Å². The molecular formula is C28H42N2O5S2. The molecular weight excluding hydrogens is 508 g/mol. The van der Waals surface area contributed by atoms with Gasteiger partial charge >= 0.3 is 5.97 Å². The molecule has 0 aromatic carbocycles. The van der Waals surface area contributed by atoms with E-state index in [-0.39, 0.29) is 29.7 Å². The van der Waals surface area contributed by atoms with E-state index in [0.717, 1.165) is 28.4 Å². The summed E-state index contributed by atoms with van der Waals surface area (Å²) in [6.45, 7) is 12.9. The van der Waals surface area contributed by atoms with Gasteiger partial charge in [-0.1, -0.05) is 45.0 Å². The lowest BCUT2D eigenvalue weighted by Gasteiger charge is -2.34. The van der Waals surface area contributed by atoms with Gasteiger partial charge in [0.2, 0.25) is 0 Å². The van der Waals surface area contributed by atoms with Crippen molar-refractivity contribution in [1.29, 1.82) is 0 Å². The Morgan fingerprint density at radius 2 is 2.03 bits per heavy atom. The molecule has 206 valence electrons. The van der Waals surface area contributed by atoms with Gasteiger partial charge in [-0.3, -0.25) is 9.59 Å². The molecule has 3 heterocycles. The molecule has 3 N–H and O–H groups in total. The number of hydrogen-bond donors (Lipinski definition) is 3. The van der Waals surface area contributed by atoms with Crippen molar-refractivity contribution >= 4 is 40.9 Å². The maximum absolute atomic E-state index is 13.3. The third-order valence-corrected chi connectivity index (χ3v) is 10.1. The highest BCUT2D eigenvalue weighted by molar-refractivity contribution is 8.00. The van der Waals surface area contributed by atoms with Crippen molar-refractivity contribution in [3.63, 3.8) is 0 Å². The van der Waals surface area contributed by atoms with Crippen LogP contribution in [0.1, 0.15) is 72.4 Å². The minimum atomic E-state index is -1.24. The van der Waals surface area contributed by atoms with E-state index in [9.17, 15) is 19.8 Å². The van der Waals surface area contributed by atoms with Crippen LogP contribution in [0.3, 0.4) is 0 Å². The molecule has 9 heteroatoms. The summed E-state index contributed by atoms with van der Waals surface area (Å²) in [5, 5.41) is 27.5. The number of thiazole rings is 1. The summed E-state index contributed by atoms with van der Waals surface area (Å²) in [5.74, 6) is -1.77. The number of fused-ring (bicyclic) bond motifs is 1. The first-order valence-electron chi connectivity index (χ1n) is 13.0. The van der Waals surface area contributed by atoms with E-state index in [1.807, 2.05) is 24.6 Å². The number of rotatable bonds is 4. The molecule has 0 aliphatic carbocycles. The van der Waals surface area contributed by atoms with Crippen LogP contribution >= 0.6 is 23.1 Å².